The van der Waals surface area contributed by atoms with Gasteiger partial charge in [0.15, 0.2) is 0 Å². The minimum Gasteiger partial charge on any atom is -0.466 e. The van der Waals surface area contributed by atoms with Gasteiger partial charge in [-0.15, -0.1) is 0 Å². The Balaban J connectivity index is 3.49. The van der Waals surface area contributed by atoms with E-state index in [0.717, 1.165) is 25.7 Å². The molecule has 0 saturated carbocycles. The Kier molecular flexibility index (Phi) is 18.9. The molecule has 0 aromatic carbocycles. The highest BCUT2D eigenvalue weighted by atomic mass is 16.5. The highest BCUT2D eigenvalue weighted by Crippen LogP contribution is 2.14. The number of hydrogen-bond donors (Lipinski definition) is 0. The summed E-state index contributed by atoms with van der Waals surface area (Å²) in [5, 5.41) is 0. The zero-order valence-corrected chi connectivity index (χ0v) is 18.2. The van der Waals surface area contributed by atoms with Gasteiger partial charge in [-0.05, 0) is 31.6 Å². The fraction of sp³-hybridized carbons (Fsp3) is 0.913. The minimum atomic E-state index is -0.139. The summed E-state index contributed by atoms with van der Waals surface area (Å²) in [4.78, 5) is 23.5. The van der Waals surface area contributed by atoms with E-state index in [1.165, 1.54) is 44.9 Å². The number of carbonyl (C=O) groups is 2. The number of carbonyl (C=O) groups excluding carboxylic acids is 2. The number of unbranched alkanes of at least 4 members (excludes halogenated alkanes) is 8. The van der Waals surface area contributed by atoms with E-state index in [1.54, 1.807) is 0 Å². The van der Waals surface area contributed by atoms with Crippen molar-refractivity contribution in [1.82, 2.24) is 0 Å². The van der Waals surface area contributed by atoms with Gasteiger partial charge in [0.1, 0.15) is 0 Å². The average molecular weight is 385 g/mol. The van der Waals surface area contributed by atoms with Crippen molar-refractivity contribution in [2.75, 3.05) is 13.2 Å². The van der Waals surface area contributed by atoms with E-state index in [9.17, 15) is 9.59 Å². The Morgan fingerprint density at radius 1 is 0.667 bits per heavy atom. The van der Waals surface area contributed by atoms with Gasteiger partial charge in [-0.3, -0.25) is 9.59 Å². The Morgan fingerprint density at radius 3 is 1.81 bits per heavy atom. The van der Waals surface area contributed by atoms with E-state index in [4.69, 9.17) is 9.47 Å². The summed E-state index contributed by atoms with van der Waals surface area (Å²) in [7, 11) is 0. The Bertz CT molecular complexity index is 354. The van der Waals surface area contributed by atoms with Crippen LogP contribution in [0.2, 0.25) is 0 Å². The van der Waals surface area contributed by atoms with Crippen LogP contribution in [-0.4, -0.2) is 25.2 Å². The van der Waals surface area contributed by atoms with Crippen molar-refractivity contribution in [1.29, 1.82) is 0 Å². The molecule has 0 amide bonds. The molecule has 1 atom stereocenters. The van der Waals surface area contributed by atoms with Crippen molar-refractivity contribution in [3.8, 4) is 0 Å². The molecule has 0 heterocycles. The molecule has 0 aliphatic carbocycles. The first-order chi connectivity index (χ1) is 13.1. The summed E-state index contributed by atoms with van der Waals surface area (Å²) in [6, 6.07) is 0. The number of ether oxygens (including phenoxy) is 2. The van der Waals surface area contributed by atoms with Crippen LogP contribution >= 0.6 is 0 Å². The highest BCUT2D eigenvalue weighted by Gasteiger charge is 2.10. The van der Waals surface area contributed by atoms with Crippen LogP contribution in [0.3, 0.4) is 0 Å². The highest BCUT2D eigenvalue weighted by molar-refractivity contribution is 5.70. The van der Waals surface area contributed by atoms with Gasteiger partial charge in [-0.1, -0.05) is 78.6 Å². The minimum absolute atomic E-state index is 0.138. The second-order valence-corrected chi connectivity index (χ2v) is 7.65. The Morgan fingerprint density at radius 2 is 1.22 bits per heavy atom. The molecule has 0 aromatic rings. The lowest BCUT2D eigenvalue weighted by Crippen LogP contribution is -2.14. The fourth-order valence-corrected chi connectivity index (χ4v) is 3.04. The molecule has 0 aliphatic heterocycles. The van der Waals surface area contributed by atoms with E-state index >= 15 is 0 Å². The molecule has 0 saturated heterocycles. The van der Waals surface area contributed by atoms with E-state index in [-0.39, 0.29) is 11.9 Å². The molecule has 1 unspecified atom stereocenters. The van der Waals surface area contributed by atoms with Crippen molar-refractivity contribution < 1.29 is 19.1 Å². The number of hydrogen-bond acceptors (Lipinski definition) is 4. The third-order valence-corrected chi connectivity index (χ3v) is 5.05. The maximum atomic E-state index is 11.8. The maximum Gasteiger partial charge on any atom is 0.305 e. The molecule has 0 rings (SSSR count). The first-order valence-electron chi connectivity index (χ1n) is 11.4. The average Bonchev–Trinajstić information content (AvgIpc) is 2.67. The molecule has 4 nitrogen and oxygen atoms in total. The fourth-order valence-electron chi connectivity index (χ4n) is 3.04. The molecule has 27 heavy (non-hydrogen) atoms. The van der Waals surface area contributed by atoms with Gasteiger partial charge in [-0.25, -0.2) is 0 Å². The van der Waals surface area contributed by atoms with Crippen LogP contribution in [0, 0.1) is 5.92 Å². The smallest absolute Gasteiger partial charge is 0.305 e. The molecule has 0 spiro atoms. The van der Waals surface area contributed by atoms with Crippen molar-refractivity contribution in [2.24, 2.45) is 5.92 Å². The molecule has 0 N–H and O–H groups in total. The molecule has 160 valence electrons. The number of rotatable bonds is 19. The number of esters is 2. The lowest BCUT2D eigenvalue weighted by Gasteiger charge is -2.14. The van der Waals surface area contributed by atoms with Crippen molar-refractivity contribution in [3.63, 3.8) is 0 Å². The summed E-state index contributed by atoms with van der Waals surface area (Å²) in [5.41, 5.74) is 0. The van der Waals surface area contributed by atoms with Crippen LogP contribution in [0.15, 0.2) is 0 Å². The molecule has 4 heteroatoms. The SMILES string of the molecule is CCCCCCCCCOC(=O)CCCCC(=O)OCC(CC)CCCC. The molecule has 0 fully saturated rings. The van der Waals surface area contributed by atoms with Crippen LogP contribution in [0.4, 0.5) is 0 Å². The first-order valence-corrected chi connectivity index (χ1v) is 11.4. The molecule has 0 radical (unpaired) electrons. The normalized spacial score (nSPS) is 12.0. The van der Waals surface area contributed by atoms with Gasteiger partial charge in [0, 0.05) is 12.8 Å². The molecule has 0 aromatic heterocycles. The van der Waals surface area contributed by atoms with Crippen LogP contribution in [-0.2, 0) is 19.1 Å². The monoisotopic (exact) mass is 384 g/mol. The van der Waals surface area contributed by atoms with Gasteiger partial charge >= 0.3 is 11.9 Å². The maximum absolute atomic E-state index is 11.8. The van der Waals surface area contributed by atoms with Gasteiger partial charge in [0.2, 0.25) is 0 Å². The standard InChI is InChI=1S/C23H44O4/c1-4-7-9-10-11-12-15-19-26-22(24)17-13-14-18-23(25)27-20-21(6-3)16-8-5-2/h21H,4-20H2,1-3H3. The summed E-state index contributed by atoms with van der Waals surface area (Å²) in [6.07, 6.45) is 15.3. The van der Waals surface area contributed by atoms with Crippen molar-refractivity contribution in [3.05, 3.63) is 0 Å². The summed E-state index contributed by atoms with van der Waals surface area (Å²) < 4.78 is 10.6. The van der Waals surface area contributed by atoms with E-state index in [0.29, 0.717) is 44.8 Å². The van der Waals surface area contributed by atoms with E-state index < -0.39 is 0 Å². The van der Waals surface area contributed by atoms with Gasteiger partial charge in [-0.2, -0.15) is 0 Å². The summed E-state index contributed by atoms with van der Waals surface area (Å²) >= 11 is 0. The van der Waals surface area contributed by atoms with Crippen molar-refractivity contribution in [2.45, 2.75) is 117 Å². The molecule has 0 aliphatic rings. The quantitative estimate of drug-likeness (QED) is 0.186. The van der Waals surface area contributed by atoms with Crippen LogP contribution in [0.1, 0.15) is 117 Å². The molecular formula is C23H44O4. The Hall–Kier alpha value is -1.06. The second kappa shape index (κ2) is 19.7. The predicted octanol–water partition coefficient (Wildman–Crippen LogP) is 6.60. The van der Waals surface area contributed by atoms with E-state index in [2.05, 4.69) is 20.8 Å². The predicted molar refractivity (Wildman–Crippen MR) is 112 cm³/mol. The van der Waals surface area contributed by atoms with Crippen LogP contribution < -0.4 is 0 Å². The zero-order valence-electron chi connectivity index (χ0n) is 18.2. The topological polar surface area (TPSA) is 52.6 Å². The van der Waals surface area contributed by atoms with Gasteiger partial charge in [0.05, 0.1) is 13.2 Å². The lowest BCUT2D eigenvalue weighted by atomic mass is 10.0. The second-order valence-electron chi connectivity index (χ2n) is 7.65. The van der Waals surface area contributed by atoms with Crippen LogP contribution in [0.25, 0.3) is 0 Å². The zero-order chi connectivity index (χ0) is 20.2. The van der Waals surface area contributed by atoms with E-state index in [1.807, 2.05) is 0 Å². The molecule has 0 bridgehead atoms. The summed E-state index contributed by atoms with van der Waals surface area (Å²) in [6.45, 7) is 7.62. The van der Waals surface area contributed by atoms with Gasteiger partial charge in [0.25, 0.3) is 0 Å². The third-order valence-electron chi connectivity index (χ3n) is 5.05. The largest absolute Gasteiger partial charge is 0.466 e. The van der Waals surface area contributed by atoms with Crippen molar-refractivity contribution >= 4 is 11.9 Å². The molecular weight excluding hydrogens is 340 g/mol. The van der Waals surface area contributed by atoms with Gasteiger partial charge < -0.3 is 9.47 Å². The Labute approximate surface area is 167 Å². The third kappa shape index (κ3) is 18.1. The first kappa shape index (κ1) is 25.9. The lowest BCUT2D eigenvalue weighted by molar-refractivity contribution is -0.146. The summed E-state index contributed by atoms with van der Waals surface area (Å²) in [5.74, 6) is 0.205. The van der Waals surface area contributed by atoms with Crippen LogP contribution in [0.5, 0.6) is 0 Å².